The van der Waals surface area contributed by atoms with Crippen LogP contribution in [0, 0.1) is 5.92 Å². The Morgan fingerprint density at radius 3 is 2.81 bits per heavy atom. The van der Waals surface area contributed by atoms with Gasteiger partial charge >= 0.3 is 6.18 Å². The van der Waals surface area contributed by atoms with Crippen LogP contribution in [0.25, 0.3) is 0 Å². The number of nitrogens with one attached hydrogen (secondary N) is 2. The van der Waals surface area contributed by atoms with Gasteiger partial charge in [0.25, 0.3) is 0 Å². The molecular formula is C12H19F3N6. The average Bonchev–Trinajstić information content (AvgIpc) is 2.44. The van der Waals surface area contributed by atoms with Crippen LogP contribution in [-0.2, 0) is 6.18 Å². The van der Waals surface area contributed by atoms with Gasteiger partial charge in [-0.15, -0.1) is 0 Å². The van der Waals surface area contributed by atoms with Gasteiger partial charge < -0.3 is 10.2 Å². The number of alkyl halides is 3. The van der Waals surface area contributed by atoms with Crippen LogP contribution in [0.15, 0.2) is 6.07 Å². The van der Waals surface area contributed by atoms with Crippen LogP contribution in [0.3, 0.4) is 0 Å². The van der Waals surface area contributed by atoms with E-state index in [4.69, 9.17) is 5.84 Å². The molecule has 0 aromatic carbocycles. The third-order valence-corrected chi connectivity index (χ3v) is 3.44. The third kappa shape index (κ3) is 4.43. The van der Waals surface area contributed by atoms with Gasteiger partial charge in [-0.25, -0.2) is 10.8 Å². The van der Waals surface area contributed by atoms with Crippen molar-refractivity contribution in [1.82, 2.24) is 14.9 Å². The quantitative estimate of drug-likeness (QED) is 0.578. The Kier molecular flexibility index (Phi) is 4.84. The lowest BCUT2D eigenvalue weighted by Crippen LogP contribution is -2.35. The van der Waals surface area contributed by atoms with Crippen LogP contribution in [0.5, 0.6) is 0 Å². The maximum absolute atomic E-state index is 12.7. The Morgan fingerprint density at radius 1 is 1.43 bits per heavy atom. The summed E-state index contributed by atoms with van der Waals surface area (Å²) >= 11 is 0. The van der Waals surface area contributed by atoms with E-state index in [1.54, 1.807) is 0 Å². The molecular weight excluding hydrogens is 285 g/mol. The van der Waals surface area contributed by atoms with Gasteiger partial charge in [0.05, 0.1) is 0 Å². The zero-order valence-corrected chi connectivity index (χ0v) is 11.7. The van der Waals surface area contributed by atoms with E-state index in [9.17, 15) is 13.2 Å². The SMILES string of the molecule is CN1CCCC(CNc2cc(C(F)(F)F)nc(NN)n2)C1. The first-order valence-corrected chi connectivity index (χ1v) is 6.74. The Morgan fingerprint density at radius 2 is 2.19 bits per heavy atom. The number of nitrogens with two attached hydrogens (primary N) is 1. The van der Waals surface area contributed by atoms with Crippen molar-refractivity contribution in [2.24, 2.45) is 11.8 Å². The molecule has 0 amide bonds. The number of hydrogen-bond donors (Lipinski definition) is 3. The molecule has 1 aliphatic rings. The Labute approximate surface area is 120 Å². The van der Waals surface area contributed by atoms with Crippen LogP contribution in [-0.4, -0.2) is 41.5 Å². The number of nitrogen functional groups attached to an aromatic ring is 1. The first-order valence-electron chi connectivity index (χ1n) is 6.74. The van der Waals surface area contributed by atoms with Gasteiger partial charge in [-0.05, 0) is 32.4 Å². The molecule has 1 fully saturated rings. The van der Waals surface area contributed by atoms with Gasteiger partial charge in [-0.2, -0.15) is 18.2 Å². The summed E-state index contributed by atoms with van der Waals surface area (Å²) in [5, 5.41) is 2.95. The van der Waals surface area contributed by atoms with Gasteiger partial charge in [0.15, 0.2) is 5.69 Å². The van der Waals surface area contributed by atoms with Crippen LogP contribution in [0.1, 0.15) is 18.5 Å². The summed E-state index contributed by atoms with van der Waals surface area (Å²) in [6, 6.07) is 0.896. The van der Waals surface area contributed by atoms with E-state index >= 15 is 0 Å². The monoisotopic (exact) mass is 304 g/mol. The number of hydrazine groups is 1. The predicted octanol–water partition coefficient (Wildman–Crippen LogP) is 1.53. The summed E-state index contributed by atoms with van der Waals surface area (Å²) in [6.07, 6.45) is -2.39. The number of aromatic nitrogens is 2. The van der Waals surface area contributed by atoms with Crippen molar-refractivity contribution in [2.45, 2.75) is 19.0 Å². The van der Waals surface area contributed by atoms with Crippen LogP contribution < -0.4 is 16.6 Å². The number of piperidine rings is 1. The summed E-state index contributed by atoms with van der Waals surface area (Å²) in [4.78, 5) is 9.42. The fourth-order valence-corrected chi connectivity index (χ4v) is 2.44. The van der Waals surface area contributed by atoms with Crippen LogP contribution in [0.2, 0.25) is 0 Å². The Balaban J connectivity index is 2.05. The van der Waals surface area contributed by atoms with E-state index in [0.29, 0.717) is 12.5 Å². The number of likely N-dealkylation sites (tertiary alicyclic amines) is 1. The molecule has 0 aliphatic carbocycles. The van der Waals surface area contributed by atoms with Crippen molar-refractivity contribution >= 4 is 11.8 Å². The maximum Gasteiger partial charge on any atom is 0.433 e. The molecule has 2 rings (SSSR count). The number of anilines is 2. The summed E-state index contributed by atoms with van der Waals surface area (Å²) in [7, 11) is 2.04. The first kappa shape index (κ1) is 15.8. The summed E-state index contributed by atoms with van der Waals surface area (Å²) < 4.78 is 38.2. The third-order valence-electron chi connectivity index (χ3n) is 3.44. The molecule has 0 radical (unpaired) electrons. The highest BCUT2D eigenvalue weighted by atomic mass is 19.4. The smallest absolute Gasteiger partial charge is 0.370 e. The second-order valence-electron chi connectivity index (χ2n) is 5.26. The zero-order valence-electron chi connectivity index (χ0n) is 11.7. The topological polar surface area (TPSA) is 79.1 Å². The standard InChI is InChI=1S/C12H19F3N6/c1-21-4-2-3-8(7-21)6-17-10-5-9(12(13,14)15)18-11(19-10)20-16/h5,8H,2-4,6-7,16H2,1H3,(H2,17,18,19,20). The number of hydrogen-bond acceptors (Lipinski definition) is 6. The van der Waals surface area contributed by atoms with Crippen molar-refractivity contribution in [1.29, 1.82) is 0 Å². The van der Waals surface area contributed by atoms with Crippen LogP contribution in [0.4, 0.5) is 24.9 Å². The Hall–Kier alpha value is -1.61. The summed E-state index contributed by atoms with van der Waals surface area (Å²) in [6.45, 7) is 2.55. The normalized spacial score (nSPS) is 20.3. The predicted molar refractivity (Wildman–Crippen MR) is 73.6 cm³/mol. The van der Waals surface area contributed by atoms with Crippen molar-refractivity contribution in [3.8, 4) is 0 Å². The minimum atomic E-state index is -4.53. The Bertz CT molecular complexity index is 479. The van der Waals surface area contributed by atoms with Crippen molar-refractivity contribution in [3.05, 3.63) is 11.8 Å². The van der Waals surface area contributed by atoms with Crippen molar-refractivity contribution in [3.63, 3.8) is 0 Å². The number of halogens is 3. The van der Waals surface area contributed by atoms with Crippen molar-refractivity contribution in [2.75, 3.05) is 37.4 Å². The minimum absolute atomic E-state index is 0.124. The average molecular weight is 304 g/mol. The molecule has 1 aromatic rings. The highest BCUT2D eigenvalue weighted by Crippen LogP contribution is 2.29. The molecule has 0 bridgehead atoms. The second-order valence-corrected chi connectivity index (χ2v) is 5.26. The second kappa shape index (κ2) is 6.44. The molecule has 2 heterocycles. The van der Waals surface area contributed by atoms with E-state index in [0.717, 1.165) is 32.0 Å². The lowest BCUT2D eigenvalue weighted by atomic mass is 9.98. The van der Waals surface area contributed by atoms with Gasteiger partial charge in [0.2, 0.25) is 5.95 Å². The largest absolute Gasteiger partial charge is 0.433 e. The van der Waals surface area contributed by atoms with E-state index in [1.165, 1.54) is 0 Å². The van der Waals surface area contributed by atoms with Gasteiger partial charge in [-0.3, -0.25) is 5.43 Å². The van der Waals surface area contributed by atoms with E-state index in [1.807, 2.05) is 7.05 Å². The molecule has 4 N–H and O–H groups in total. The molecule has 1 atom stereocenters. The van der Waals surface area contributed by atoms with Gasteiger partial charge in [0.1, 0.15) is 5.82 Å². The molecule has 1 aromatic heterocycles. The molecule has 9 heteroatoms. The highest BCUT2D eigenvalue weighted by molar-refractivity contribution is 5.42. The first-order chi connectivity index (χ1) is 9.88. The summed E-state index contributed by atoms with van der Waals surface area (Å²) in [5.74, 6) is 5.37. The molecule has 6 nitrogen and oxygen atoms in total. The number of rotatable bonds is 4. The lowest BCUT2D eigenvalue weighted by Gasteiger charge is -2.29. The summed E-state index contributed by atoms with van der Waals surface area (Å²) in [5.41, 5.74) is 1.03. The maximum atomic E-state index is 12.7. The number of nitrogens with zero attached hydrogens (tertiary/aromatic N) is 3. The fourth-order valence-electron chi connectivity index (χ4n) is 2.44. The van der Waals surface area contributed by atoms with E-state index < -0.39 is 11.9 Å². The molecule has 0 saturated carbocycles. The molecule has 118 valence electrons. The molecule has 1 saturated heterocycles. The van der Waals surface area contributed by atoms with Gasteiger partial charge in [-0.1, -0.05) is 0 Å². The van der Waals surface area contributed by atoms with E-state index in [2.05, 4.69) is 25.6 Å². The lowest BCUT2D eigenvalue weighted by molar-refractivity contribution is -0.141. The fraction of sp³-hybridized carbons (Fsp3) is 0.667. The van der Waals surface area contributed by atoms with Gasteiger partial charge in [0, 0.05) is 19.2 Å². The zero-order chi connectivity index (χ0) is 15.5. The molecule has 0 spiro atoms. The highest BCUT2D eigenvalue weighted by Gasteiger charge is 2.33. The van der Waals surface area contributed by atoms with Crippen molar-refractivity contribution < 1.29 is 13.2 Å². The molecule has 21 heavy (non-hydrogen) atoms. The minimum Gasteiger partial charge on any atom is -0.370 e. The van der Waals surface area contributed by atoms with Crippen LogP contribution >= 0.6 is 0 Å². The molecule has 1 aliphatic heterocycles. The van der Waals surface area contributed by atoms with E-state index in [-0.39, 0.29) is 11.8 Å². The molecule has 1 unspecified atom stereocenters.